The molecule has 7 heteroatoms. The van der Waals surface area contributed by atoms with E-state index < -0.39 is 6.10 Å². The van der Waals surface area contributed by atoms with Crippen molar-refractivity contribution in [3.63, 3.8) is 0 Å². The van der Waals surface area contributed by atoms with Crippen molar-refractivity contribution >= 4 is 37.5 Å². The summed E-state index contributed by atoms with van der Waals surface area (Å²) in [7, 11) is 0. The van der Waals surface area contributed by atoms with E-state index in [9.17, 15) is 15.3 Å². The summed E-state index contributed by atoms with van der Waals surface area (Å²) in [6, 6.07) is 4.35. The second-order valence-corrected chi connectivity index (χ2v) is 8.17. The number of aliphatic hydroxyl groups excluding tert-OH is 3. The van der Waals surface area contributed by atoms with E-state index in [4.69, 9.17) is 0 Å². The molecule has 1 fully saturated rings. The zero-order valence-corrected chi connectivity index (χ0v) is 15.9. The number of halogens is 2. The van der Waals surface area contributed by atoms with Crippen molar-refractivity contribution in [1.82, 2.24) is 4.90 Å². The summed E-state index contributed by atoms with van der Waals surface area (Å²) in [6.45, 7) is 0.426. The van der Waals surface area contributed by atoms with Crippen LogP contribution < -0.4 is 5.32 Å². The van der Waals surface area contributed by atoms with Crippen LogP contribution in [0.5, 0.6) is 0 Å². The fraction of sp³-hybridized carbons (Fsp3) is 0.625. The van der Waals surface area contributed by atoms with Crippen LogP contribution in [-0.4, -0.2) is 51.2 Å². The molecule has 3 rings (SSSR count). The highest BCUT2D eigenvalue weighted by Gasteiger charge is 2.37. The lowest BCUT2D eigenvalue weighted by Crippen LogP contribution is -2.56. The fourth-order valence-electron chi connectivity index (χ4n) is 3.60. The highest BCUT2D eigenvalue weighted by Crippen LogP contribution is 2.38. The van der Waals surface area contributed by atoms with Gasteiger partial charge in [0.15, 0.2) is 0 Å². The third-order valence-electron chi connectivity index (χ3n) is 4.83. The van der Waals surface area contributed by atoms with Crippen LogP contribution in [0.15, 0.2) is 21.1 Å². The van der Waals surface area contributed by atoms with Crippen LogP contribution >= 0.6 is 31.9 Å². The van der Waals surface area contributed by atoms with E-state index in [-0.39, 0.29) is 18.9 Å². The van der Waals surface area contributed by atoms with Crippen molar-refractivity contribution in [2.24, 2.45) is 0 Å². The third kappa shape index (κ3) is 3.75. The molecule has 1 aliphatic heterocycles. The molecule has 2 unspecified atom stereocenters. The summed E-state index contributed by atoms with van der Waals surface area (Å²) >= 11 is 7.09. The molecule has 1 heterocycles. The van der Waals surface area contributed by atoms with Crippen molar-refractivity contribution in [3.8, 4) is 0 Å². The number of anilines is 1. The van der Waals surface area contributed by atoms with E-state index >= 15 is 0 Å². The molecule has 0 radical (unpaired) electrons. The van der Waals surface area contributed by atoms with Crippen molar-refractivity contribution < 1.29 is 15.3 Å². The Morgan fingerprint density at radius 2 is 1.91 bits per heavy atom. The Hall–Kier alpha value is -0.180. The molecule has 2 aliphatic rings. The number of benzene rings is 1. The second-order valence-electron chi connectivity index (χ2n) is 6.40. The Labute approximate surface area is 152 Å². The molecule has 23 heavy (non-hydrogen) atoms. The number of nitrogens with zero attached hydrogens (tertiary/aromatic N) is 1. The first kappa shape index (κ1) is 17.6. The zero-order valence-electron chi connectivity index (χ0n) is 12.8. The Bertz CT molecular complexity index is 565. The Balaban J connectivity index is 1.89. The summed E-state index contributed by atoms with van der Waals surface area (Å²) in [5, 5.41) is 32.8. The van der Waals surface area contributed by atoms with Gasteiger partial charge in [-0.2, -0.15) is 0 Å². The number of hydrogen-bond donors (Lipinski definition) is 4. The molecule has 1 aromatic carbocycles. The van der Waals surface area contributed by atoms with Crippen LogP contribution in [-0.2, 0) is 6.54 Å². The molecular weight excluding hydrogens is 428 g/mol. The number of rotatable bonds is 3. The lowest BCUT2D eigenvalue weighted by molar-refractivity contribution is -0.0195. The van der Waals surface area contributed by atoms with Gasteiger partial charge >= 0.3 is 0 Å². The van der Waals surface area contributed by atoms with Crippen molar-refractivity contribution in [3.05, 3.63) is 26.6 Å². The average molecular weight is 450 g/mol. The van der Waals surface area contributed by atoms with Crippen molar-refractivity contribution in [2.75, 3.05) is 11.9 Å². The number of nitrogens with one attached hydrogen (secondary N) is 1. The lowest BCUT2D eigenvalue weighted by Gasteiger charge is -2.46. The SMILES string of the molecule is OCC(O)C1Nc2c(Br)cc(Br)cc2CN1C1CCC(O)CC1. The molecule has 1 aliphatic carbocycles. The minimum Gasteiger partial charge on any atom is -0.394 e. The topological polar surface area (TPSA) is 76.0 Å². The smallest absolute Gasteiger partial charge is 0.111 e. The van der Waals surface area contributed by atoms with Crippen LogP contribution in [0.2, 0.25) is 0 Å². The van der Waals surface area contributed by atoms with E-state index in [0.29, 0.717) is 12.6 Å². The van der Waals surface area contributed by atoms with Crippen molar-refractivity contribution in [1.29, 1.82) is 0 Å². The molecule has 0 amide bonds. The molecular formula is C16H22Br2N2O3. The quantitative estimate of drug-likeness (QED) is 0.570. The van der Waals surface area contributed by atoms with E-state index in [1.165, 1.54) is 0 Å². The standard InChI is InChI=1S/C16H22Br2N2O3/c17-10-5-9-7-20(11-1-3-12(22)4-2-11)16(14(23)8-21)19-15(9)13(18)6-10/h5-6,11-12,14,16,19,21-23H,1-4,7-8H2. The summed E-state index contributed by atoms with van der Waals surface area (Å²) in [4.78, 5) is 2.23. The third-order valence-corrected chi connectivity index (χ3v) is 5.91. The molecule has 128 valence electrons. The number of fused-ring (bicyclic) bond motifs is 1. The van der Waals surface area contributed by atoms with Gasteiger partial charge < -0.3 is 20.6 Å². The molecule has 0 aromatic heterocycles. The molecule has 4 N–H and O–H groups in total. The van der Waals surface area contributed by atoms with Gasteiger partial charge in [0.1, 0.15) is 12.3 Å². The predicted octanol–water partition coefficient (Wildman–Crippen LogP) is 2.42. The second kappa shape index (κ2) is 7.37. The van der Waals surface area contributed by atoms with Crippen LogP contribution in [0.3, 0.4) is 0 Å². The van der Waals surface area contributed by atoms with Gasteiger partial charge in [-0.05, 0) is 59.3 Å². The van der Waals surface area contributed by atoms with Crippen LogP contribution in [0.4, 0.5) is 5.69 Å². The average Bonchev–Trinajstić information content (AvgIpc) is 2.53. The minimum absolute atomic E-state index is 0.208. The maximum absolute atomic E-state index is 10.3. The molecule has 1 aromatic rings. The zero-order chi connectivity index (χ0) is 16.6. The first-order valence-electron chi connectivity index (χ1n) is 7.96. The van der Waals surface area contributed by atoms with E-state index in [1.54, 1.807) is 0 Å². The summed E-state index contributed by atoms with van der Waals surface area (Å²) in [6.07, 6.45) is 2.00. The summed E-state index contributed by atoms with van der Waals surface area (Å²) < 4.78 is 1.95. The van der Waals surface area contributed by atoms with E-state index in [2.05, 4.69) is 48.1 Å². The van der Waals surface area contributed by atoms with E-state index in [1.807, 2.05) is 6.07 Å². The van der Waals surface area contributed by atoms with Gasteiger partial charge in [0.05, 0.1) is 18.4 Å². The van der Waals surface area contributed by atoms with Gasteiger partial charge in [-0.3, -0.25) is 4.90 Å². The van der Waals surface area contributed by atoms with Gasteiger partial charge in [-0.1, -0.05) is 15.9 Å². The minimum atomic E-state index is -0.856. The molecule has 1 saturated carbocycles. The first-order chi connectivity index (χ1) is 11.0. The Morgan fingerprint density at radius 1 is 1.22 bits per heavy atom. The lowest BCUT2D eigenvalue weighted by atomic mass is 9.90. The molecule has 0 spiro atoms. The summed E-state index contributed by atoms with van der Waals surface area (Å²) in [5.41, 5.74) is 2.12. The fourth-order valence-corrected chi connectivity index (χ4v) is 5.03. The van der Waals surface area contributed by atoms with Gasteiger partial charge in [0.25, 0.3) is 0 Å². The van der Waals surface area contributed by atoms with Crippen LogP contribution in [0.1, 0.15) is 31.2 Å². The molecule has 0 saturated heterocycles. The number of hydrogen-bond acceptors (Lipinski definition) is 5. The maximum Gasteiger partial charge on any atom is 0.111 e. The summed E-state index contributed by atoms with van der Waals surface area (Å²) in [5.74, 6) is 0. The van der Waals surface area contributed by atoms with Crippen LogP contribution in [0, 0.1) is 0 Å². The molecule has 5 nitrogen and oxygen atoms in total. The maximum atomic E-state index is 10.3. The number of aliphatic hydroxyl groups is 3. The Morgan fingerprint density at radius 3 is 2.57 bits per heavy atom. The van der Waals surface area contributed by atoms with Gasteiger partial charge in [-0.15, -0.1) is 0 Å². The predicted molar refractivity (Wildman–Crippen MR) is 96.2 cm³/mol. The largest absolute Gasteiger partial charge is 0.394 e. The normalized spacial score (nSPS) is 29.7. The Kier molecular flexibility index (Phi) is 5.65. The highest BCUT2D eigenvalue weighted by molar-refractivity contribution is 9.11. The molecule has 2 atom stereocenters. The van der Waals surface area contributed by atoms with Gasteiger partial charge in [0, 0.05) is 21.5 Å². The van der Waals surface area contributed by atoms with Gasteiger partial charge in [0.2, 0.25) is 0 Å². The van der Waals surface area contributed by atoms with Crippen LogP contribution in [0.25, 0.3) is 0 Å². The van der Waals surface area contributed by atoms with E-state index in [0.717, 1.165) is 45.9 Å². The molecule has 0 bridgehead atoms. The highest BCUT2D eigenvalue weighted by atomic mass is 79.9. The monoisotopic (exact) mass is 448 g/mol. The van der Waals surface area contributed by atoms with Gasteiger partial charge in [-0.25, -0.2) is 0 Å². The first-order valence-corrected chi connectivity index (χ1v) is 9.55. The van der Waals surface area contributed by atoms with Crippen molar-refractivity contribution in [2.45, 2.75) is 56.6 Å².